The third kappa shape index (κ3) is 2.03. The van der Waals surface area contributed by atoms with E-state index in [0.29, 0.717) is 23.7 Å². The van der Waals surface area contributed by atoms with Gasteiger partial charge in [-0.3, -0.25) is 4.79 Å². The molecule has 0 aromatic heterocycles. The molecule has 16 heavy (non-hydrogen) atoms. The third-order valence-corrected chi connectivity index (χ3v) is 3.13. The maximum Gasteiger partial charge on any atom is 0.308 e. The van der Waals surface area contributed by atoms with Crippen LogP contribution in [0.2, 0.25) is 5.02 Å². The number of carboxylic acids is 1. The van der Waals surface area contributed by atoms with Gasteiger partial charge in [0.25, 0.3) is 0 Å². The Morgan fingerprint density at radius 1 is 1.50 bits per heavy atom. The monoisotopic (exact) mass is 243 g/mol. The van der Waals surface area contributed by atoms with Crippen LogP contribution in [0.15, 0.2) is 18.2 Å². The van der Waals surface area contributed by atoms with Crippen molar-refractivity contribution in [3.63, 3.8) is 0 Å². The first-order valence-electron chi connectivity index (χ1n) is 4.98. The molecule has 0 saturated carbocycles. The van der Waals surface area contributed by atoms with Crippen molar-refractivity contribution in [3.05, 3.63) is 34.6 Å². The summed E-state index contributed by atoms with van der Waals surface area (Å²) in [5, 5.41) is 12.3. The molecule has 2 N–H and O–H groups in total. The summed E-state index contributed by atoms with van der Waals surface area (Å²) in [5.41, 5.74) is 0.418. The van der Waals surface area contributed by atoms with Crippen LogP contribution in [0, 0.1) is 11.7 Å². The second-order valence-electron chi connectivity index (χ2n) is 3.88. The summed E-state index contributed by atoms with van der Waals surface area (Å²) >= 11 is 5.65. The first kappa shape index (κ1) is 11.4. The molecular weight excluding hydrogens is 233 g/mol. The van der Waals surface area contributed by atoms with Gasteiger partial charge < -0.3 is 10.4 Å². The summed E-state index contributed by atoms with van der Waals surface area (Å²) in [6.45, 7) is 0.859. The Balaban J connectivity index is 2.32. The Kier molecular flexibility index (Phi) is 3.12. The first-order chi connectivity index (χ1) is 7.59. The number of aliphatic carboxylic acids is 1. The molecule has 1 aliphatic heterocycles. The Hall–Kier alpha value is -1.13. The van der Waals surface area contributed by atoms with Crippen molar-refractivity contribution in [2.45, 2.75) is 5.92 Å². The summed E-state index contributed by atoms with van der Waals surface area (Å²) in [7, 11) is 0. The van der Waals surface area contributed by atoms with E-state index in [1.54, 1.807) is 12.1 Å². The zero-order valence-corrected chi connectivity index (χ0v) is 9.17. The van der Waals surface area contributed by atoms with Crippen molar-refractivity contribution in [2.75, 3.05) is 13.1 Å². The van der Waals surface area contributed by atoms with E-state index in [0.717, 1.165) is 0 Å². The number of carbonyl (C=O) groups is 1. The normalized spacial score (nSPS) is 24.6. The Morgan fingerprint density at radius 3 is 2.88 bits per heavy atom. The van der Waals surface area contributed by atoms with Gasteiger partial charge in [0.2, 0.25) is 0 Å². The minimum Gasteiger partial charge on any atom is -0.481 e. The van der Waals surface area contributed by atoms with E-state index in [4.69, 9.17) is 16.7 Å². The fourth-order valence-corrected chi connectivity index (χ4v) is 2.23. The lowest BCUT2D eigenvalue weighted by molar-refractivity contribution is -0.141. The Morgan fingerprint density at radius 2 is 2.25 bits per heavy atom. The minimum atomic E-state index is -0.899. The number of rotatable bonds is 2. The average molecular weight is 244 g/mol. The van der Waals surface area contributed by atoms with Crippen LogP contribution in [0.3, 0.4) is 0 Å². The average Bonchev–Trinajstić information content (AvgIpc) is 2.66. The van der Waals surface area contributed by atoms with E-state index in [9.17, 15) is 9.18 Å². The van der Waals surface area contributed by atoms with Crippen molar-refractivity contribution >= 4 is 17.6 Å². The topological polar surface area (TPSA) is 49.3 Å². The molecule has 3 nitrogen and oxygen atoms in total. The first-order valence-corrected chi connectivity index (χ1v) is 5.36. The molecule has 5 heteroatoms. The van der Waals surface area contributed by atoms with E-state index in [-0.39, 0.29) is 5.92 Å². The number of nitrogens with one attached hydrogen (secondary N) is 1. The largest absolute Gasteiger partial charge is 0.481 e. The van der Waals surface area contributed by atoms with Crippen LogP contribution >= 0.6 is 11.6 Å². The van der Waals surface area contributed by atoms with Gasteiger partial charge in [-0.15, -0.1) is 0 Å². The lowest BCUT2D eigenvalue weighted by Gasteiger charge is -2.15. The maximum absolute atomic E-state index is 13.6. The summed E-state index contributed by atoms with van der Waals surface area (Å²) in [4.78, 5) is 11.0. The fraction of sp³-hybridized carbons (Fsp3) is 0.364. The van der Waals surface area contributed by atoms with Gasteiger partial charge in [-0.05, 0) is 17.7 Å². The Bertz CT molecular complexity index is 424. The standard InChI is InChI=1S/C11H11ClFNO2/c12-6-1-2-7(10(13)3-6)8-4-14-5-9(8)11(15)16/h1-3,8-9,14H,4-5H2,(H,15,16)/t8-,9+/m0/s1. The number of halogens is 2. The quantitative estimate of drug-likeness (QED) is 0.834. The van der Waals surface area contributed by atoms with Crippen LogP contribution in [0.4, 0.5) is 4.39 Å². The molecule has 1 heterocycles. The van der Waals surface area contributed by atoms with Gasteiger partial charge in [0, 0.05) is 24.0 Å². The highest BCUT2D eigenvalue weighted by molar-refractivity contribution is 6.30. The van der Waals surface area contributed by atoms with Gasteiger partial charge in [-0.25, -0.2) is 4.39 Å². The molecule has 1 aromatic rings. The lowest BCUT2D eigenvalue weighted by Crippen LogP contribution is -2.21. The smallest absolute Gasteiger partial charge is 0.308 e. The van der Waals surface area contributed by atoms with Crippen molar-refractivity contribution in [1.82, 2.24) is 5.32 Å². The van der Waals surface area contributed by atoms with Crippen LogP contribution < -0.4 is 5.32 Å². The molecule has 0 unspecified atom stereocenters. The molecule has 0 spiro atoms. The molecule has 1 aromatic carbocycles. The maximum atomic E-state index is 13.6. The molecular formula is C11H11ClFNO2. The second-order valence-corrected chi connectivity index (χ2v) is 4.31. The SMILES string of the molecule is O=C(O)[C@@H]1CNC[C@H]1c1ccc(Cl)cc1F. The molecule has 1 fully saturated rings. The summed E-state index contributed by atoms with van der Waals surface area (Å²) in [6.07, 6.45) is 0. The zero-order valence-electron chi connectivity index (χ0n) is 8.41. The molecule has 1 saturated heterocycles. The van der Waals surface area contributed by atoms with E-state index in [1.807, 2.05) is 0 Å². The highest BCUT2D eigenvalue weighted by Gasteiger charge is 2.35. The predicted octanol–water partition coefficient (Wildman–Crippen LogP) is 1.87. The zero-order chi connectivity index (χ0) is 11.7. The van der Waals surface area contributed by atoms with Crippen LogP contribution in [-0.4, -0.2) is 24.2 Å². The molecule has 0 bridgehead atoms. The molecule has 0 amide bonds. The predicted molar refractivity (Wildman–Crippen MR) is 58.1 cm³/mol. The highest BCUT2D eigenvalue weighted by atomic mass is 35.5. The molecule has 86 valence electrons. The van der Waals surface area contributed by atoms with Gasteiger partial charge in [-0.2, -0.15) is 0 Å². The second kappa shape index (κ2) is 4.39. The third-order valence-electron chi connectivity index (χ3n) is 2.89. The molecule has 1 aliphatic rings. The van der Waals surface area contributed by atoms with Crippen LogP contribution in [0.1, 0.15) is 11.5 Å². The van der Waals surface area contributed by atoms with Gasteiger partial charge in [-0.1, -0.05) is 17.7 Å². The van der Waals surface area contributed by atoms with Gasteiger partial charge in [0.05, 0.1) is 5.92 Å². The fourth-order valence-electron chi connectivity index (χ4n) is 2.07. The number of hydrogen-bond acceptors (Lipinski definition) is 2. The van der Waals surface area contributed by atoms with E-state index in [2.05, 4.69) is 5.32 Å². The van der Waals surface area contributed by atoms with Crippen molar-refractivity contribution in [1.29, 1.82) is 0 Å². The molecule has 2 rings (SSSR count). The lowest BCUT2D eigenvalue weighted by atomic mass is 9.89. The highest BCUT2D eigenvalue weighted by Crippen LogP contribution is 2.31. The van der Waals surface area contributed by atoms with Crippen molar-refractivity contribution in [2.24, 2.45) is 5.92 Å². The summed E-state index contributed by atoms with van der Waals surface area (Å²) < 4.78 is 13.6. The van der Waals surface area contributed by atoms with Crippen molar-refractivity contribution < 1.29 is 14.3 Å². The summed E-state index contributed by atoms with van der Waals surface area (Å²) in [6, 6.07) is 4.36. The Labute approximate surface area is 97.2 Å². The van der Waals surface area contributed by atoms with Gasteiger partial charge in [0.15, 0.2) is 0 Å². The van der Waals surface area contributed by atoms with E-state index in [1.165, 1.54) is 6.07 Å². The van der Waals surface area contributed by atoms with Crippen molar-refractivity contribution in [3.8, 4) is 0 Å². The molecule has 0 aliphatic carbocycles. The van der Waals surface area contributed by atoms with Crippen LogP contribution in [0.5, 0.6) is 0 Å². The van der Waals surface area contributed by atoms with Crippen LogP contribution in [0.25, 0.3) is 0 Å². The van der Waals surface area contributed by atoms with Gasteiger partial charge in [0.1, 0.15) is 5.82 Å². The minimum absolute atomic E-state index is 0.319. The number of hydrogen-bond donors (Lipinski definition) is 2. The van der Waals surface area contributed by atoms with Gasteiger partial charge >= 0.3 is 5.97 Å². The number of carboxylic acid groups (broad SMARTS) is 1. The molecule has 2 atom stereocenters. The van der Waals surface area contributed by atoms with E-state index < -0.39 is 17.7 Å². The summed E-state index contributed by atoms with van der Waals surface area (Å²) in [5.74, 6) is -2.23. The van der Waals surface area contributed by atoms with Crippen LogP contribution in [-0.2, 0) is 4.79 Å². The van der Waals surface area contributed by atoms with E-state index >= 15 is 0 Å². The molecule has 0 radical (unpaired) electrons. The number of benzene rings is 1.